The normalized spacial score (nSPS) is 12.7. The second-order valence-corrected chi connectivity index (χ2v) is 5.20. The second-order valence-electron chi connectivity index (χ2n) is 5.20. The molecule has 0 fully saturated rings. The molecule has 3 rings (SSSR count). The Morgan fingerprint density at radius 2 is 1.87 bits per heavy atom. The molecule has 1 aliphatic rings. The van der Waals surface area contributed by atoms with Crippen molar-refractivity contribution in [2.24, 2.45) is 0 Å². The van der Waals surface area contributed by atoms with Crippen molar-refractivity contribution in [2.45, 2.75) is 13.1 Å². The van der Waals surface area contributed by atoms with E-state index in [1.54, 1.807) is 11.0 Å². The van der Waals surface area contributed by atoms with Gasteiger partial charge in [-0.05, 0) is 23.3 Å². The summed E-state index contributed by atoms with van der Waals surface area (Å²) in [5, 5.41) is 13.7. The minimum Gasteiger partial charge on any atom is -0.490 e. The van der Waals surface area contributed by atoms with Gasteiger partial charge in [0.15, 0.2) is 5.75 Å². The number of fused-ring (bicyclic) bond motifs is 1. The molecule has 1 aliphatic heterocycles. The molecule has 0 saturated heterocycles. The molecule has 2 amide bonds. The van der Waals surface area contributed by atoms with Crippen LogP contribution in [0, 0.1) is 10.1 Å². The Kier molecular flexibility index (Phi) is 3.84. The fourth-order valence-electron chi connectivity index (χ4n) is 2.59. The van der Waals surface area contributed by atoms with E-state index in [2.05, 4.69) is 5.32 Å². The van der Waals surface area contributed by atoms with Crippen LogP contribution in [0.2, 0.25) is 0 Å². The number of nitro groups is 1. The Bertz CT molecular complexity index is 751. The van der Waals surface area contributed by atoms with Crippen LogP contribution in [0.3, 0.4) is 0 Å². The summed E-state index contributed by atoms with van der Waals surface area (Å²) >= 11 is 0. The van der Waals surface area contributed by atoms with Crippen LogP contribution in [0.5, 0.6) is 5.75 Å². The molecule has 0 saturated carbocycles. The molecule has 0 spiro atoms. The molecule has 1 heterocycles. The topological polar surface area (TPSA) is 84.7 Å². The zero-order valence-electron chi connectivity index (χ0n) is 12.5. The molecule has 118 valence electrons. The molecule has 0 atom stereocenters. The van der Waals surface area contributed by atoms with E-state index < -0.39 is 4.92 Å². The maximum atomic E-state index is 12.3. The molecular formula is C16H15N3O4. The summed E-state index contributed by atoms with van der Waals surface area (Å²) in [7, 11) is 1.36. The first-order chi connectivity index (χ1) is 11.1. The number of nitrogens with zero attached hydrogens (tertiary/aromatic N) is 2. The number of hydrogen-bond acceptors (Lipinski definition) is 4. The van der Waals surface area contributed by atoms with Crippen molar-refractivity contribution in [3.8, 4) is 5.75 Å². The van der Waals surface area contributed by atoms with E-state index in [1.165, 1.54) is 19.2 Å². The molecular weight excluding hydrogens is 298 g/mol. The van der Waals surface area contributed by atoms with Crippen molar-refractivity contribution < 1.29 is 14.5 Å². The smallest absolute Gasteiger partial charge is 0.322 e. The Morgan fingerprint density at radius 1 is 1.22 bits per heavy atom. The van der Waals surface area contributed by atoms with Crippen LogP contribution in [0.15, 0.2) is 42.5 Å². The fraction of sp³-hybridized carbons (Fsp3) is 0.188. The summed E-state index contributed by atoms with van der Waals surface area (Å²) in [5.74, 6) is 0.154. The lowest BCUT2D eigenvalue weighted by Gasteiger charge is -2.16. The van der Waals surface area contributed by atoms with Gasteiger partial charge in [0, 0.05) is 24.8 Å². The molecule has 0 aromatic heterocycles. The van der Waals surface area contributed by atoms with Crippen LogP contribution >= 0.6 is 0 Å². The van der Waals surface area contributed by atoms with E-state index in [4.69, 9.17) is 4.74 Å². The summed E-state index contributed by atoms with van der Waals surface area (Å²) in [6.45, 7) is 1.06. The molecule has 7 nitrogen and oxygen atoms in total. The molecule has 2 aromatic carbocycles. The highest BCUT2D eigenvalue weighted by Gasteiger charge is 2.23. The first-order valence-corrected chi connectivity index (χ1v) is 7.03. The summed E-state index contributed by atoms with van der Waals surface area (Å²) in [6, 6.07) is 11.9. The zero-order valence-corrected chi connectivity index (χ0v) is 12.5. The third kappa shape index (κ3) is 2.94. The van der Waals surface area contributed by atoms with Gasteiger partial charge in [-0.3, -0.25) is 10.1 Å². The van der Waals surface area contributed by atoms with Crippen LogP contribution in [-0.4, -0.2) is 23.0 Å². The molecule has 23 heavy (non-hydrogen) atoms. The second kappa shape index (κ2) is 5.96. The monoisotopic (exact) mass is 313 g/mol. The highest BCUT2D eigenvalue weighted by molar-refractivity contribution is 5.90. The number of amides is 2. The van der Waals surface area contributed by atoms with Gasteiger partial charge in [-0.15, -0.1) is 0 Å². The van der Waals surface area contributed by atoms with E-state index in [0.29, 0.717) is 18.8 Å². The SMILES string of the molecule is COc1ccc(NC(=O)N2Cc3ccccc3C2)cc1[N+](=O)[O-]. The number of methoxy groups -OCH3 is 1. The van der Waals surface area contributed by atoms with Crippen molar-refractivity contribution in [3.05, 3.63) is 63.7 Å². The third-order valence-corrected chi connectivity index (χ3v) is 3.75. The minimum absolute atomic E-state index is 0.154. The van der Waals surface area contributed by atoms with Crippen molar-refractivity contribution in [1.82, 2.24) is 4.90 Å². The number of nitro benzene ring substituents is 1. The maximum absolute atomic E-state index is 12.3. The number of anilines is 1. The lowest BCUT2D eigenvalue weighted by Crippen LogP contribution is -2.30. The number of carbonyl (C=O) groups is 1. The van der Waals surface area contributed by atoms with E-state index in [0.717, 1.165) is 11.1 Å². The van der Waals surface area contributed by atoms with E-state index >= 15 is 0 Å². The van der Waals surface area contributed by atoms with Crippen molar-refractivity contribution in [2.75, 3.05) is 12.4 Å². The predicted molar refractivity (Wildman–Crippen MR) is 84.4 cm³/mol. The lowest BCUT2D eigenvalue weighted by molar-refractivity contribution is -0.385. The zero-order chi connectivity index (χ0) is 16.4. The van der Waals surface area contributed by atoms with Gasteiger partial charge in [-0.1, -0.05) is 24.3 Å². The standard InChI is InChI=1S/C16H15N3O4/c1-23-15-7-6-13(8-14(15)19(21)22)17-16(20)18-9-11-4-2-3-5-12(11)10-18/h2-8H,9-10H2,1H3,(H,17,20). The van der Waals surface area contributed by atoms with E-state index in [1.807, 2.05) is 24.3 Å². The van der Waals surface area contributed by atoms with Gasteiger partial charge in [0.1, 0.15) is 0 Å². The summed E-state index contributed by atoms with van der Waals surface area (Å²) in [6.07, 6.45) is 0. The molecule has 7 heteroatoms. The Hall–Kier alpha value is -3.09. The van der Waals surface area contributed by atoms with Crippen molar-refractivity contribution >= 4 is 17.4 Å². The average Bonchev–Trinajstić information content (AvgIpc) is 2.99. The number of rotatable bonds is 3. The van der Waals surface area contributed by atoms with Gasteiger partial charge >= 0.3 is 11.7 Å². The van der Waals surface area contributed by atoms with Crippen molar-refractivity contribution in [3.63, 3.8) is 0 Å². The largest absolute Gasteiger partial charge is 0.490 e. The fourth-order valence-corrected chi connectivity index (χ4v) is 2.59. The minimum atomic E-state index is -0.541. The number of benzene rings is 2. The number of carbonyl (C=O) groups excluding carboxylic acids is 1. The lowest BCUT2D eigenvalue weighted by atomic mass is 10.1. The quantitative estimate of drug-likeness (QED) is 0.697. The maximum Gasteiger partial charge on any atom is 0.322 e. The number of nitrogens with one attached hydrogen (secondary N) is 1. The van der Waals surface area contributed by atoms with Crippen LogP contribution in [0.25, 0.3) is 0 Å². The predicted octanol–water partition coefficient (Wildman–Crippen LogP) is 3.15. The molecule has 0 radical (unpaired) electrons. The van der Waals surface area contributed by atoms with Crippen LogP contribution in [-0.2, 0) is 13.1 Å². The Labute approximate surface area is 132 Å². The van der Waals surface area contributed by atoms with Gasteiger partial charge < -0.3 is 15.0 Å². The van der Waals surface area contributed by atoms with Gasteiger partial charge in [0.25, 0.3) is 0 Å². The van der Waals surface area contributed by atoms with E-state index in [-0.39, 0.29) is 17.5 Å². The number of hydrogen-bond donors (Lipinski definition) is 1. The molecule has 2 aromatic rings. The summed E-state index contributed by atoms with van der Waals surface area (Å²) in [5.41, 5.74) is 2.40. The number of ether oxygens (including phenoxy) is 1. The Morgan fingerprint density at radius 3 is 2.43 bits per heavy atom. The molecule has 0 unspecified atom stereocenters. The van der Waals surface area contributed by atoms with Crippen molar-refractivity contribution in [1.29, 1.82) is 0 Å². The summed E-state index contributed by atoms with van der Waals surface area (Å²) < 4.78 is 4.94. The summed E-state index contributed by atoms with van der Waals surface area (Å²) in [4.78, 5) is 24.5. The van der Waals surface area contributed by atoms with Gasteiger partial charge in [0.05, 0.1) is 12.0 Å². The average molecular weight is 313 g/mol. The van der Waals surface area contributed by atoms with Gasteiger partial charge in [-0.25, -0.2) is 4.79 Å². The first kappa shape index (κ1) is 14.8. The highest BCUT2D eigenvalue weighted by Crippen LogP contribution is 2.30. The van der Waals surface area contributed by atoms with Gasteiger partial charge in [0.2, 0.25) is 0 Å². The highest BCUT2D eigenvalue weighted by atomic mass is 16.6. The van der Waals surface area contributed by atoms with Crippen LogP contribution in [0.4, 0.5) is 16.2 Å². The van der Waals surface area contributed by atoms with Crippen LogP contribution < -0.4 is 10.1 Å². The first-order valence-electron chi connectivity index (χ1n) is 7.03. The Balaban J connectivity index is 1.74. The molecule has 0 bridgehead atoms. The van der Waals surface area contributed by atoms with E-state index in [9.17, 15) is 14.9 Å². The van der Waals surface area contributed by atoms with Crippen LogP contribution in [0.1, 0.15) is 11.1 Å². The third-order valence-electron chi connectivity index (χ3n) is 3.75. The number of urea groups is 1. The molecule has 1 N–H and O–H groups in total. The molecule has 0 aliphatic carbocycles. The van der Waals surface area contributed by atoms with Gasteiger partial charge in [-0.2, -0.15) is 0 Å².